The molecule has 5 heteroatoms. The van der Waals surface area contributed by atoms with Crippen molar-refractivity contribution in [2.24, 2.45) is 0 Å². The molecule has 4 nitrogen and oxygen atoms in total. The molecule has 9 rings (SSSR count). The first-order valence-electron chi connectivity index (χ1n) is 15.3. The minimum atomic E-state index is 0.689. The van der Waals surface area contributed by atoms with Crippen molar-refractivity contribution < 1.29 is 0 Å². The van der Waals surface area contributed by atoms with Crippen LogP contribution in [0.25, 0.3) is 82.2 Å². The number of rotatable bonds is 5. The third-order valence-electron chi connectivity index (χ3n) is 8.45. The molecule has 216 valence electrons. The molecule has 0 unspecified atom stereocenters. The van der Waals surface area contributed by atoms with Gasteiger partial charge in [-0.1, -0.05) is 127 Å². The fourth-order valence-electron chi connectivity index (χ4n) is 6.26. The van der Waals surface area contributed by atoms with Gasteiger partial charge in [-0.3, -0.25) is 4.57 Å². The number of hydrogen-bond donors (Lipinski definition) is 0. The third kappa shape index (κ3) is 4.48. The van der Waals surface area contributed by atoms with E-state index >= 15 is 0 Å². The topological polar surface area (TPSA) is 43.6 Å². The van der Waals surface area contributed by atoms with Gasteiger partial charge >= 0.3 is 0 Å². The summed E-state index contributed by atoms with van der Waals surface area (Å²) < 4.78 is 3.45. The molecule has 0 spiro atoms. The first kappa shape index (κ1) is 26.5. The van der Waals surface area contributed by atoms with Gasteiger partial charge in [0, 0.05) is 33.5 Å². The van der Waals surface area contributed by atoms with Crippen molar-refractivity contribution in [2.75, 3.05) is 0 Å². The molecule has 46 heavy (non-hydrogen) atoms. The summed E-state index contributed by atoms with van der Waals surface area (Å²) in [6.45, 7) is 0. The number of hydrogen-bond acceptors (Lipinski definition) is 4. The van der Waals surface area contributed by atoms with Crippen LogP contribution in [0.1, 0.15) is 0 Å². The van der Waals surface area contributed by atoms with Crippen molar-refractivity contribution in [1.29, 1.82) is 0 Å². The van der Waals surface area contributed by atoms with E-state index in [1.165, 1.54) is 21.9 Å². The van der Waals surface area contributed by atoms with Crippen LogP contribution in [0.15, 0.2) is 158 Å². The van der Waals surface area contributed by atoms with E-state index in [1.807, 2.05) is 30.3 Å². The summed E-state index contributed by atoms with van der Waals surface area (Å²) in [5.41, 5.74) is 9.56. The summed E-state index contributed by atoms with van der Waals surface area (Å²) in [6, 6.07) is 54.8. The molecule has 0 atom stereocenters. The molecule has 3 aromatic heterocycles. The van der Waals surface area contributed by atoms with E-state index in [-0.39, 0.29) is 0 Å². The van der Waals surface area contributed by atoms with E-state index in [0.29, 0.717) is 5.82 Å². The molecule has 0 saturated heterocycles. The van der Waals surface area contributed by atoms with E-state index in [1.54, 1.807) is 11.3 Å². The number of aromatic nitrogens is 4. The van der Waals surface area contributed by atoms with Crippen LogP contribution >= 0.6 is 11.3 Å². The van der Waals surface area contributed by atoms with Crippen molar-refractivity contribution in [3.05, 3.63) is 158 Å². The summed E-state index contributed by atoms with van der Waals surface area (Å²) in [5, 5.41) is 3.35. The second-order valence-electron chi connectivity index (χ2n) is 11.3. The maximum atomic E-state index is 5.26. The van der Waals surface area contributed by atoms with Crippen molar-refractivity contribution >= 4 is 43.4 Å². The predicted octanol–water partition coefficient (Wildman–Crippen LogP) is 10.9. The van der Waals surface area contributed by atoms with Gasteiger partial charge in [0.1, 0.15) is 10.8 Å². The maximum absolute atomic E-state index is 5.26. The second-order valence-corrected chi connectivity index (χ2v) is 12.3. The van der Waals surface area contributed by atoms with Gasteiger partial charge in [0.15, 0.2) is 5.82 Å². The lowest BCUT2D eigenvalue weighted by Gasteiger charge is -2.12. The number of benzene rings is 6. The molecule has 0 aliphatic rings. The Labute approximate surface area is 269 Å². The highest BCUT2D eigenvalue weighted by Crippen LogP contribution is 2.42. The SMILES string of the molecule is c1ccc(-c2ccc3c(c2)c2ccc4nc(-c5ccccc5)sc4c2n3-c2cc(-c3ccccc3)nc(-c3ccccc3)n2)cc1. The second kappa shape index (κ2) is 10.9. The van der Waals surface area contributed by atoms with E-state index in [2.05, 4.69) is 132 Å². The van der Waals surface area contributed by atoms with Gasteiger partial charge in [0.25, 0.3) is 0 Å². The minimum absolute atomic E-state index is 0.689. The lowest BCUT2D eigenvalue weighted by Crippen LogP contribution is -2.02. The molecule has 0 aliphatic carbocycles. The van der Waals surface area contributed by atoms with Gasteiger partial charge < -0.3 is 0 Å². The summed E-state index contributed by atoms with van der Waals surface area (Å²) in [5.74, 6) is 1.51. The summed E-state index contributed by atoms with van der Waals surface area (Å²) in [4.78, 5) is 15.4. The highest BCUT2D eigenvalue weighted by atomic mass is 32.1. The molecule has 0 aliphatic heterocycles. The molecule has 0 saturated carbocycles. The van der Waals surface area contributed by atoms with Crippen molar-refractivity contribution in [1.82, 2.24) is 19.5 Å². The first-order chi connectivity index (χ1) is 22.8. The Hall–Kier alpha value is -5.91. The van der Waals surface area contributed by atoms with E-state index in [0.717, 1.165) is 54.5 Å². The van der Waals surface area contributed by atoms with Crippen LogP contribution in [0.3, 0.4) is 0 Å². The molecule has 0 amide bonds. The lowest BCUT2D eigenvalue weighted by molar-refractivity contribution is 1.05. The fourth-order valence-corrected chi connectivity index (χ4v) is 7.37. The number of nitrogens with zero attached hydrogens (tertiary/aromatic N) is 4. The molecule has 0 bridgehead atoms. The van der Waals surface area contributed by atoms with Crippen molar-refractivity contribution in [3.8, 4) is 50.2 Å². The van der Waals surface area contributed by atoms with E-state index < -0.39 is 0 Å². The molecule has 3 heterocycles. The highest BCUT2D eigenvalue weighted by molar-refractivity contribution is 7.22. The zero-order valence-corrected chi connectivity index (χ0v) is 25.5. The molecule has 0 fully saturated rings. The fraction of sp³-hybridized carbons (Fsp3) is 0. The Bertz CT molecular complexity index is 2410. The average molecular weight is 607 g/mol. The van der Waals surface area contributed by atoms with Crippen LogP contribution in [-0.2, 0) is 0 Å². The van der Waals surface area contributed by atoms with Crippen LogP contribution in [0.2, 0.25) is 0 Å². The predicted molar refractivity (Wildman–Crippen MR) is 191 cm³/mol. The van der Waals surface area contributed by atoms with E-state index in [4.69, 9.17) is 15.0 Å². The van der Waals surface area contributed by atoms with Gasteiger partial charge in [-0.05, 0) is 35.4 Å². The number of thiazole rings is 1. The summed E-state index contributed by atoms with van der Waals surface area (Å²) in [7, 11) is 0. The molecular weight excluding hydrogens is 581 g/mol. The van der Waals surface area contributed by atoms with Gasteiger partial charge in [-0.15, -0.1) is 11.3 Å². The lowest BCUT2D eigenvalue weighted by atomic mass is 10.0. The summed E-state index contributed by atoms with van der Waals surface area (Å²) >= 11 is 1.73. The normalized spacial score (nSPS) is 11.5. The molecular formula is C41H26N4S. The Morgan fingerprint density at radius 2 is 1.09 bits per heavy atom. The molecule has 0 N–H and O–H groups in total. The van der Waals surface area contributed by atoms with Gasteiger partial charge in [0.05, 0.1) is 26.9 Å². The Morgan fingerprint density at radius 3 is 1.78 bits per heavy atom. The Kier molecular flexibility index (Phi) is 6.28. The van der Waals surface area contributed by atoms with Crippen LogP contribution in [0.4, 0.5) is 0 Å². The minimum Gasteiger partial charge on any atom is -0.292 e. The largest absolute Gasteiger partial charge is 0.292 e. The van der Waals surface area contributed by atoms with E-state index in [9.17, 15) is 0 Å². The number of fused-ring (bicyclic) bond motifs is 5. The first-order valence-corrected chi connectivity index (χ1v) is 16.1. The Balaban J connectivity index is 1.38. The molecule has 9 aromatic rings. The summed E-state index contributed by atoms with van der Waals surface area (Å²) in [6.07, 6.45) is 0. The smallest absolute Gasteiger partial charge is 0.162 e. The maximum Gasteiger partial charge on any atom is 0.162 e. The third-order valence-corrected chi connectivity index (χ3v) is 9.58. The molecule has 0 radical (unpaired) electrons. The standard InChI is InChI=1S/C41H26N4S/c1-5-13-27(14-6-1)31-21-24-36-33(25-31)32-22-23-34-39(46-41(43-34)30-19-11-4-12-20-30)38(32)45(36)37-26-35(28-15-7-2-8-16-28)42-40(44-37)29-17-9-3-10-18-29/h1-26H. The van der Waals surface area contributed by atoms with Crippen LogP contribution < -0.4 is 0 Å². The van der Waals surface area contributed by atoms with Crippen LogP contribution in [0, 0.1) is 0 Å². The van der Waals surface area contributed by atoms with Crippen molar-refractivity contribution in [3.63, 3.8) is 0 Å². The van der Waals surface area contributed by atoms with Gasteiger partial charge in [-0.2, -0.15) is 0 Å². The zero-order valence-electron chi connectivity index (χ0n) is 24.7. The monoisotopic (exact) mass is 606 g/mol. The van der Waals surface area contributed by atoms with Crippen LogP contribution in [0.5, 0.6) is 0 Å². The van der Waals surface area contributed by atoms with Crippen molar-refractivity contribution in [2.45, 2.75) is 0 Å². The van der Waals surface area contributed by atoms with Gasteiger partial charge in [0.2, 0.25) is 0 Å². The quantitative estimate of drug-likeness (QED) is 0.196. The van der Waals surface area contributed by atoms with Gasteiger partial charge in [-0.25, -0.2) is 15.0 Å². The Morgan fingerprint density at radius 1 is 0.457 bits per heavy atom. The van der Waals surface area contributed by atoms with Crippen LogP contribution in [-0.4, -0.2) is 19.5 Å². The molecule has 6 aromatic carbocycles. The zero-order chi connectivity index (χ0) is 30.5. The average Bonchev–Trinajstić information content (AvgIpc) is 3.72. The highest BCUT2D eigenvalue weighted by Gasteiger charge is 2.21.